The van der Waals surface area contributed by atoms with Gasteiger partial charge < -0.3 is 0 Å². The lowest BCUT2D eigenvalue weighted by atomic mass is 10.00. The summed E-state index contributed by atoms with van der Waals surface area (Å²) in [4.78, 5) is 0. The zero-order chi connectivity index (χ0) is 8.91. The molecule has 0 nitrogen and oxygen atoms in total. The Morgan fingerprint density at radius 1 is 1.45 bits per heavy atom. The van der Waals surface area contributed by atoms with Gasteiger partial charge >= 0.3 is 0 Å². The third-order valence-electron chi connectivity index (χ3n) is 2.01. The molecule has 0 radical (unpaired) electrons. The molecule has 0 aliphatic heterocycles. The first-order chi connectivity index (χ1) is 5.06. The van der Waals surface area contributed by atoms with Crippen LogP contribution in [0.5, 0.6) is 0 Å². The van der Waals surface area contributed by atoms with E-state index in [1.807, 2.05) is 0 Å². The number of thiol groups is 3. The fourth-order valence-electron chi connectivity index (χ4n) is 0.903. The minimum Gasteiger partial charge on any atom is -0.178 e. The Morgan fingerprint density at radius 2 is 2.00 bits per heavy atom. The van der Waals surface area contributed by atoms with Gasteiger partial charge in [-0.2, -0.15) is 37.9 Å². The molecular weight excluding hydrogens is 192 g/mol. The van der Waals surface area contributed by atoms with Crippen LogP contribution in [0.4, 0.5) is 0 Å². The maximum Gasteiger partial charge on any atom is 0.0331 e. The third kappa shape index (κ3) is 4.00. The molecule has 0 aromatic carbocycles. The number of hydrogen-bond donors (Lipinski definition) is 3. The summed E-state index contributed by atoms with van der Waals surface area (Å²) in [5.74, 6) is 0.806. The lowest BCUT2D eigenvalue weighted by molar-refractivity contribution is 0.562. The minimum atomic E-state index is 0.0161. The zero-order valence-electron chi connectivity index (χ0n) is 7.25. The molecule has 2 atom stereocenters. The van der Waals surface area contributed by atoms with Crippen molar-refractivity contribution in [3.8, 4) is 0 Å². The molecule has 0 saturated heterocycles. The van der Waals surface area contributed by atoms with Crippen LogP contribution in [-0.2, 0) is 0 Å². The quantitative estimate of drug-likeness (QED) is 0.571. The second-order valence-corrected chi connectivity index (χ2v) is 5.02. The van der Waals surface area contributed by atoms with E-state index < -0.39 is 0 Å². The van der Waals surface area contributed by atoms with Gasteiger partial charge in [-0.15, -0.1) is 0 Å². The maximum absolute atomic E-state index is 4.59. The van der Waals surface area contributed by atoms with Gasteiger partial charge in [0.05, 0.1) is 0 Å². The Labute approximate surface area is 86.8 Å². The van der Waals surface area contributed by atoms with Crippen LogP contribution in [-0.4, -0.2) is 15.7 Å². The van der Waals surface area contributed by atoms with E-state index in [4.69, 9.17) is 0 Å². The van der Waals surface area contributed by atoms with Gasteiger partial charge in [0.1, 0.15) is 0 Å². The SMILES string of the molecule is CCCCC(S)(CS)C(C)S. The van der Waals surface area contributed by atoms with Crippen LogP contribution in [0.25, 0.3) is 0 Å². The second-order valence-electron chi connectivity index (χ2n) is 3.04. The molecule has 3 heteroatoms. The fourth-order valence-corrected chi connectivity index (χ4v) is 1.86. The van der Waals surface area contributed by atoms with E-state index in [1.54, 1.807) is 0 Å². The highest BCUT2D eigenvalue weighted by Crippen LogP contribution is 2.30. The van der Waals surface area contributed by atoms with Crippen LogP contribution in [0.3, 0.4) is 0 Å². The molecule has 0 fully saturated rings. The van der Waals surface area contributed by atoms with Gasteiger partial charge in [-0.25, -0.2) is 0 Å². The van der Waals surface area contributed by atoms with Gasteiger partial charge in [-0.05, 0) is 6.42 Å². The van der Waals surface area contributed by atoms with Crippen molar-refractivity contribution in [1.29, 1.82) is 0 Å². The zero-order valence-corrected chi connectivity index (χ0v) is 9.93. The third-order valence-corrected chi connectivity index (χ3v) is 4.30. The van der Waals surface area contributed by atoms with E-state index in [-0.39, 0.29) is 4.75 Å². The molecule has 0 aliphatic carbocycles. The molecule has 2 unspecified atom stereocenters. The summed E-state index contributed by atoms with van der Waals surface area (Å²) in [7, 11) is 0. The average molecular weight is 210 g/mol. The van der Waals surface area contributed by atoms with Crippen molar-refractivity contribution < 1.29 is 0 Å². The van der Waals surface area contributed by atoms with Gasteiger partial charge in [-0.3, -0.25) is 0 Å². The first-order valence-electron chi connectivity index (χ1n) is 4.08. The van der Waals surface area contributed by atoms with Crippen molar-refractivity contribution in [3.63, 3.8) is 0 Å². The van der Waals surface area contributed by atoms with Crippen LogP contribution in [0.1, 0.15) is 33.1 Å². The van der Waals surface area contributed by atoms with Crippen LogP contribution in [0, 0.1) is 0 Å². The second kappa shape index (κ2) is 5.65. The lowest BCUT2D eigenvalue weighted by Gasteiger charge is -2.30. The van der Waals surface area contributed by atoms with Crippen molar-refractivity contribution in [2.75, 3.05) is 5.75 Å². The number of rotatable bonds is 5. The van der Waals surface area contributed by atoms with Crippen molar-refractivity contribution in [2.24, 2.45) is 0 Å². The maximum atomic E-state index is 4.59. The van der Waals surface area contributed by atoms with Crippen molar-refractivity contribution >= 4 is 37.9 Å². The highest BCUT2D eigenvalue weighted by atomic mass is 32.1. The molecule has 0 bridgehead atoms. The van der Waals surface area contributed by atoms with E-state index >= 15 is 0 Å². The van der Waals surface area contributed by atoms with Gasteiger partial charge in [0.15, 0.2) is 0 Å². The van der Waals surface area contributed by atoms with Crippen molar-refractivity contribution in [3.05, 3.63) is 0 Å². The summed E-state index contributed by atoms with van der Waals surface area (Å²) in [6, 6.07) is 0. The Hall–Kier alpha value is 1.05. The van der Waals surface area contributed by atoms with Crippen LogP contribution < -0.4 is 0 Å². The monoisotopic (exact) mass is 210 g/mol. The topological polar surface area (TPSA) is 0 Å². The Kier molecular flexibility index (Phi) is 6.19. The number of hydrogen-bond acceptors (Lipinski definition) is 3. The summed E-state index contributed by atoms with van der Waals surface area (Å²) in [6.07, 6.45) is 3.55. The Bertz CT molecular complexity index is 104. The van der Waals surface area contributed by atoms with Gasteiger partial charge in [-0.1, -0.05) is 26.7 Å². The van der Waals surface area contributed by atoms with Gasteiger partial charge in [0.25, 0.3) is 0 Å². The molecule has 0 aromatic rings. The predicted octanol–water partition coefficient (Wildman–Crippen LogP) is 3.09. The molecule has 0 amide bonds. The largest absolute Gasteiger partial charge is 0.178 e. The molecule has 68 valence electrons. The van der Waals surface area contributed by atoms with E-state index in [0.717, 1.165) is 12.2 Å². The summed E-state index contributed by atoms with van der Waals surface area (Å²) < 4.78 is 0.0161. The van der Waals surface area contributed by atoms with Crippen molar-refractivity contribution in [1.82, 2.24) is 0 Å². The van der Waals surface area contributed by atoms with E-state index in [2.05, 4.69) is 51.7 Å². The molecule has 0 aliphatic rings. The first-order valence-corrected chi connectivity index (χ1v) is 5.67. The Morgan fingerprint density at radius 3 is 2.27 bits per heavy atom. The van der Waals surface area contributed by atoms with Crippen molar-refractivity contribution in [2.45, 2.75) is 43.1 Å². The highest BCUT2D eigenvalue weighted by molar-refractivity contribution is 7.87. The normalized spacial score (nSPS) is 19.4. The summed E-state index contributed by atoms with van der Waals surface area (Å²) in [5, 5.41) is 0.315. The molecule has 11 heavy (non-hydrogen) atoms. The molecule has 0 N–H and O–H groups in total. The van der Waals surface area contributed by atoms with E-state index in [0.29, 0.717) is 5.25 Å². The van der Waals surface area contributed by atoms with Gasteiger partial charge in [0, 0.05) is 15.7 Å². The van der Waals surface area contributed by atoms with E-state index in [1.165, 1.54) is 12.8 Å². The Balaban J connectivity index is 3.88. The summed E-state index contributed by atoms with van der Waals surface area (Å²) in [6.45, 7) is 4.28. The smallest absolute Gasteiger partial charge is 0.0331 e. The summed E-state index contributed by atoms with van der Waals surface area (Å²) in [5.41, 5.74) is 0. The minimum absolute atomic E-state index is 0.0161. The lowest BCUT2D eigenvalue weighted by Crippen LogP contribution is -2.33. The van der Waals surface area contributed by atoms with Crippen LogP contribution in [0.2, 0.25) is 0 Å². The average Bonchev–Trinajstić information content (AvgIpc) is 2.00. The van der Waals surface area contributed by atoms with Crippen LogP contribution >= 0.6 is 37.9 Å². The molecule has 0 aromatic heterocycles. The highest BCUT2D eigenvalue weighted by Gasteiger charge is 2.27. The fraction of sp³-hybridized carbons (Fsp3) is 1.00. The number of unbranched alkanes of at least 4 members (excludes halogenated alkanes) is 1. The first kappa shape index (κ1) is 12.0. The summed E-state index contributed by atoms with van der Waals surface area (Å²) >= 11 is 13.3. The van der Waals surface area contributed by atoms with Crippen LogP contribution in [0.15, 0.2) is 0 Å². The molecule has 0 saturated carbocycles. The van der Waals surface area contributed by atoms with Gasteiger partial charge in [0.2, 0.25) is 0 Å². The van der Waals surface area contributed by atoms with E-state index in [9.17, 15) is 0 Å². The molecule has 0 spiro atoms. The molecule has 0 heterocycles. The standard InChI is InChI=1S/C8H18S3/c1-3-4-5-8(11,6-9)7(2)10/h7,9-11H,3-6H2,1-2H3. The molecular formula is C8H18S3. The predicted molar refractivity (Wildman–Crippen MR) is 63.5 cm³/mol. The molecule has 0 rings (SSSR count).